The van der Waals surface area contributed by atoms with Gasteiger partial charge in [-0.1, -0.05) is 6.07 Å². The van der Waals surface area contributed by atoms with E-state index in [4.69, 9.17) is 0 Å². The summed E-state index contributed by atoms with van der Waals surface area (Å²) in [6.07, 6.45) is 1.23. The van der Waals surface area contributed by atoms with Crippen LogP contribution in [0.15, 0.2) is 40.4 Å². The molecule has 3 heterocycles. The van der Waals surface area contributed by atoms with Crippen LogP contribution < -0.4 is 10.2 Å². The smallest absolute Gasteiger partial charge is 0.226 e. The summed E-state index contributed by atoms with van der Waals surface area (Å²) in [5.41, 5.74) is 3.08. The predicted octanol–water partition coefficient (Wildman–Crippen LogP) is 3.83. The van der Waals surface area contributed by atoms with Crippen LogP contribution in [0, 0.1) is 5.82 Å². The maximum Gasteiger partial charge on any atom is 0.226 e. The standard InChI is InChI=1S/C21H22FN3O2S2/c22-18-9-14(1-2-19(18)25-6-3-17(26)4-7-25)11-23-20(27)10-16-13-29-21(24-16)15-5-8-28-12-15/h1-2,5,8-9,12-13,17,26H,3-4,6-7,10-11H2,(H,23,27). The van der Waals surface area contributed by atoms with Crippen LogP contribution in [0.5, 0.6) is 0 Å². The van der Waals surface area contributed by atoms with E-state index in [0.717, 1.165) is 16.3 Å². The number of carbonyl (C=O) groups excluding carboxylic acids is 1. The van der Waals surface area contributed by atoms with Crippen LogP contribution in [0.2, 0.25) is 0 Å². The molecule has 0 spiro atoms. The Morgan fingerprint density at radius 2 is 2.10 bits per heavy atom. The summed E-state index contributed by atoms with van der Waals surface area (Å²) in [6, 6.07) is 7.07. The van der Waals surface area contributed by atoms with Crippen molar-refractivity contribution in [3.8, 4) is 10.6 Å². The lowest BCUT2D eigenvalue weighted by molar-refractivity contribution is -0.120. The number of aliphatic hydroxyl groups excluding tert-OH is 1. The van der Waals surface area contributed by atoms with Gasteiger partial charge in [-0.25, -0.2) is 9.37 Å². The number of rotatable bonds is 6. The van der Waals surface area contributed by atoms with Gasteiger partial charge in [0.05, 0.1) is 23.9 Å². The molecule has 1 saturated heterocycles. The Morgan fingerprint density at radius 1 is 1.28 bits per heavy atom. The molecule has 4 rings (SSSR count). The van der Waals surface area contributed by atoms with Gasteiger partial charge in [0.2, 0.25) is 5.91 Å². The highest BCUT2D eigenvalue weighted by molar-refractivity contribution is 7.14. The molecule has 2 N–H and O–H groups in total. The Bertz CT molecular complexity index is 966. The Kier molecular flexibility index (Phi) is 6.22. The number of thiophene rings is 1. The topological polar surface area (TPSA) is 65.5 Å². The molecule has 5 nitrogen and oxygen atoms in total. The predicted molar refractivity (Wildman–Crippen MR) is 115 cm³/mol. The summed E-state index contributed by atoms with van der Waals surface area (Å²) < 4.78 is 14.5. The number of aliphatic hydroxyl groups is 1. The highest BCUT2D eigenvalue weighted by Crippen LogP contribution is 2.26. The lowest BCUT2D eigenvalue weighted by Crippen LogP contribution is -2.36. The number of hydrogen-bond donors (Lipinski definition) is 2. The Morgan fingerprint density at radius 3 is 2.83 bits per heavy atom. The van der Waals surface area contributed by atoms with Gasteiger partial charge in [-0.3, -0.25) is 4.79 Å². The van der Waals surface area contributed by atoms with Gasteiger partial charge >= 0.3 is 0 Å². The van der Waals surface area contributed by atoms with E-state index in [-0.39, 0.29) is 30.8 Å². The van der Waals surface area contributed by atoms with Gasteiger partial charge in [0, 0.05) is 36.0 Å². The Balaban J connectivity index is 1.30. The van der Waals surface area contributed by atoms with Gasteiger partial charge in [0.25, 0.3) is 0 Å². The lowest BCUT2D eigenvalue weighted by atomic mass is 10.1. The van der Waals surface area contributed by atoms with E-state index in [1.54, 1.807) is 17.4 Å². The second-order valence-electron chi connectivity index (χ2n) is 7.11. The van der Waals surface area contributed by atoms with Crippen LogP contribution >= 0.6 is 22.7 Å². The third-order valence-corrected chi connectivity index (χ3v) is 6.59. The number of anilines is 1. The van der Waals surface area contributed by atoms with Crippen LogP contribution in [0.3, 0.4) is 0 Å². The monoisotopic (exact) mass is 431 g/mol. The fourth-order valence-corrected chi connectivity index (χ4v) is 4.89. The molecule has 0 atom stereocenters. The van der Waals surface area contributed by atoms with Crippen molar-refractivity contribution in [2.24, 2.45) is 0 Å². The Labute approximate surface area is 176 Å². The first kappa shape index (κ1) is 20.0. The number of benzene rings is 1. The third kappa shape index (κ3) is 5.01. The molecule has 1 aliphatic rings. The molecule has 1 amide bonds. The number of halogens is 1. The molecular formula is C21H22FN3O2S2. The van der Waals surface area contributed by atoms with Gasteiger partial charge in [-0.2, -0.15) is 11.3 Å². The second-order valence-corrected chi connectivity index (χ2v) is 8.75. The molecule has 0 bridgehead atoms. The molecule has 0 aliphatic carbocycles. The van der Waals surface area contributed by atoms with Crippen LogP contribution in [0.1, 0.15) is 24.1 Å². The molecule has 1 aliphatic heterocycles. The number of thiazole rings is 1. The van der Waals surface area contributed by atoms with Crippen molar-refractivity contribution in [1.82, 2.24) is 10.3 Å². The molecule has 0 saturated carbocycles. The molecule has 2 aromatic heterocycles. The lowest BCUT2D eigenvalue weighted by Gasteiger charge is -2.31. The van der Waals surface area contributed by atoms with Gasteiger partial charge in [-0.15, -0.1) is 11.3 Å². The summed E-state index contributed by atoms with van der Waals surface area (Å²) in [6.45, 7) is 1.57. The summed E-state index contributed by atoms with van der Waals surface area (Å²) in [5, 5.41) is 19.3. The van der Waals surface area contributed by atoms with Crippen molar-refractivity contribution < 1.29 is 14.3 Å². The molecule has 0 unspecified atom stereocenters. The minimum Gasteiger partial charge on any atom is -0.393 e. The zero-order valence-corrected chi connectivity index (χ0v) is 17.4. The summed E-state index contributed by atoms with van der Waals surface area (Å²) in [7, 11) is 0. The number of nitrogens with zero attached hydrogens (tertiary/aromatic N) is 2. The molecule has 1 fully saturated rings. The van der Waals surface area contributed by atoms with Crippen molar-refractivity contribution in [3.63, 3.8) is 0 Å². The average Bonchev–Trinajstić information content (AvgIpc) is 3.39. The number of aromatic nitrogens is 1. The summed E-state index contributed by atoms with van der Waals surface area (Å²) >= 11 is 3.14. The zero-order chi connectivity index (χ0) is 20.2. The minimum absolute atomic E-state index is 0.137. The largest absolute Gasteiger partial charge is 0.393 e. The van der Waals surface area contributed by atoms with Gasteiger partial charge in [0.1, 0.15) is 10.8 Å². The van der Waals surface area contributed by atoms with Crippen molar-refractivity contribution in [1.29, 1.82) is 0 Å². The van der Waals surface area contributed by atoms with Crippen molar-refractivity contribution in [2.45, 2.75) is 31.9 Å². The van der Waals surface area contributed by atoms with E-state index in [2.05, 4.69) is 10.3 Å². The van der Waals surface area contributed by atoms with E-state index >= 15 is 0 Å². The molecule has 3 aromatic rings. The molecule has 152 valence electrons. The fourth-order valence-electron chi connectivity index (χ4n) is 3.36. The van der Waals surface area contributed by atoms with E-state index < -0.39 is 0 Å². The van der Waals surface area contributed by atoms with E-state index in [1.807, 2.05) is 33.2 Å². The quantitative estimate of drug-likeness (QED) is 0.623. The fraction of sp³-hybridized carbons (Fsp3) is 0.333. The first-order valence-corrected chi connectivity index (χ1v) is 11.4. The molecule has 8 heteroatoms. The second kappa shape index (κ2) is 9.02. The first-order chi connectivity index (χ1) is 14.1. The van der Waals surface area contributed by atoms with Crippen LogP contribution in [-0.2, 0) is 17.8 Å². The van der Waals surface area contributed by atoms with E-state index in [9.17, 15) is 14.3 Å². The molecule has 0 radical (unpaired) electrons. The maximum absolute atomic E-state index is 14.5. The van der Waals surface area contributed by atoms with Crippen molar-refractivity contribution >= 4 is 34.3 Å². The average molecular weight is 432 g/mol. The highest BCUT2D eigenvalue weighted by atomic mass is 32.1. The van der Waals surface area contributed by atoms with Crippen LogP contribution in [0.25, 0.3) is 10.6 Å². The number of amides is 1. The van der Waals surface area contributed by atoms with Crippen molar-refractivity contribution in [2.75, 3.05) is 18.0 Å². The minimum atomic E-state index is -0.298. The van der Waals surface area contributed by atoms with E-state index in [0.29, 0.717) is 37.2 Å². The number of piperidine rings is 1. The van der Waals surface area contributed by atoms with Crippen molar-refractivity contribution in [3.05, 3.63) is 57.5 Å². The molecular weight excluding hydrogens is 409 g/mol. The van der Waals surface area contributed by atoms with Crippen LogP contribution in [0.4, 0.5) is 10.1 Å². The van der Waals surface area contributed by atoms with E-state index in [1.165, 1.54) is 17.4 Å². The summed E-state index contributed by atoms with van der Waals surface area (Å²) in [5.74, 6) is -0.435. The SMILES string of the molecule is O=C(Cc1csc(-c2ccsc2)n1)NCc1ccc(N2CCC(O)CC2)c(F)c1. The third-order valence-electron chi connectivity index (χ3n) is 4.97. The van der Waals surface area contributed by atoms with Gasteiger partial charge < -0.3 is 15.3 Å². The zero-order valence-electron chi connectivity index (χ0n) is 15.8. The molecule has 29 heavy (non-hydrogen) atoms. The van der Waals surface area contributed by atoms with Gasteiger partial charge in [0.15, 0.2) is 0 Å². The first-order valence-electron chi connectivity index (χ1n) is 9.53. The number of hydrogen-bond acceptors (Lipinski definition) is 6. The number of nitrogens with one attached hydrogen (secondary N) is 1. The normalized spacial score (nSPS) is 14.9. The molecule has 1 aromatic carbocycles. The van der Waals surface area contributed by atoms with Crippen LogP contribution in [-0.4, -0.2) is 35.2 Å². The number of carbonyl (C=O) groups is 1. The summed E-state index contributed by atoms with van der Waals surface area (Å²) in [4.78, 5) is 18.7. The van der Waals surface area contributed by atoms with Gasteiger partial charge in [-0.05, 0) is 42.0 Å². The maximum atomic E-state index is 14.5. The Hall–Kier alpha value is -2.29. The highest BCUT2D eigenvalue weighted by Gasteiger charge is 2.19.